The monoisotopic (exact) mass is 300 g/mol. The number of nitrogens with two attached hydrogens (primary N) is 1. The first-order valence-corrected chi connectivity index (χ1v) is 7.44. The minimum atomic E-state index is -0.303. The summed E-state index contributed by atoms with van der Waals surface area (Å²) in [6, 6.07) is 0. The third kappa shape index (κ3) is 4.21. The molecule has 114 valence electrons. The van der Waals surface area contributed by atoms with Crippen LogP contribution >= 0.6 is 11.6 Å². The van der Waals surface area contributed by atoms with Gasteiger partial charge in [-0.15, -0.1) is 0 Å². The third-order valence-electron chi connectivity index (χ3n) is 3.17. The molecule has 5 nitrogen and oxygen atoms in total. The van der Waals surface area contributed by atoms with Gasteiger partial charge in [0.1, 0.15) is 5.02 Å². The summed E-state index contributed by atoms with van der Waals surface area (Å²) < 4.78 is 1.38. The fraction of sp³-hybridized carbons (Fsp3) is 0.714. The number of halogens is 1. The van der Waals surface area contributed by atoms with Crippen LogP contribution in [0.2, 0.25) is 5.02 Å². The second-order valence-electron chi connectivity index (χ2n) is 5.89. The van der Waals surface area contributed by atoms with Crippen LogP contribution in [0.3, 0.4) is 0 Å². The summed E-state index contributed by atoms with van der Waals surface area (Å²) in [6.45, 7) is 9.31. The van der Waals surface area contributed by atoms with Crippen LogP contribution < -0.4 is 16.6 Å². The van der Waals surface area contributed by atoms with Crippen molar-refractivity contribution in [3.63, 3.8) is 0 Å². The van der Waals surface area contributed by atoms with Gasteiger partial charge in [-0.3, -0.25) is 4.79 Å². The van der Waals surface area contributed by atoms with Crippen LogP contribution in [0.4, 0.5) is 5.69 Å². The van der Waals surface area contributed by atoms with E-state index in [1.165, 1.54) is 4.68 Å². The number of hydrogen-bond donors (Lipinski definition) is 2. The fourth-order valence-corrected chi connectivity index (χ4v) is 2.53. The van der Waals surface area contributed by atoms with Crippen molar-refractivity contribution < 1.29 is 0 Å². The van der Waals surface area contributed by atoms with Crippen LogP contribution in [0.5, 0.6) is 0 Å². The minimum Gasteiger partial charge on any atom is -0.376 e. The molecular formula is C14H25ClN4O. The zero-order chi connectivity index (χ0) is 15.3. The fourth-order valence-electron chi connectivity index (χ4n) is 2.33. The Morgan fingerprint density at radius 1 is 1.55 bits per heavy atom. The highest BCUT2D eigenvalue weighted by Gasteiger charge is 2.25. The number of rotatable bonds is 7. The molecule has 1 unspecified atom stereocenters. The first-order chi connectivity index (χ1) is 9.33. The SMILES string of the molecule is CCCn1ncc(NC(C)(CN)CC(C)C)c(Cl)c1=O. The summed E-state index contributed by atoms with van der Waals surface area (Å²) >= 11 is 6.16. The normalized spacial score (nSPS) is 14.3. The first kappa shape index (κ1) is 17.0. The number of aryl methyl sites for hydroxylation is 1. The summed E-state index contributed by atoms with van der Waals surface area (Å²) in [5.74, 6) is 0.489. The molecule has 1 heterocycles. The molecular weight excluding hydrogens is 276 g/mol. The van der Waals surface area contributed by atoms with Gasteiger partial charge in [0.2, 0.25) is 0 Å². The molecule has 20 heavy (non-hydrogen) atoms. The van der Waals surface area contributed by atoms with E-state index in [1.54, 1.807) is 6.20 Å². The van der Waals surface area contributed by atoms with Crippen molar-refractivity contribution in [3.05, 3.63) is 21.6 Å². The highest BCUT2D eigenvalue weighted by atomic mass is 35.5. The van der Waals surface area contributed by atoms with E-state index in [2.05, 4.69) is 24.3 Å². The lowest BCUT2D eigenvalue weighted by atomic mass is 9.90. The van der Waals surface area contributed by atoms with Gasteiger partial charge in [0.05, 0.1) is 11.9 Å². The number of nitrogens with zero attached hydrogens (tertiary/aromatic N) is 2. The molecule has 0 bridgehead atoms. The number of anilines is 1. The van der Waals surface area contributed by atoms with Gasteiger partial charge in [0.15, 0.2) is 0 Å². The molecule has 1 aromatic rings. The molecule has 0 aromatic carbocycles. The number of aromatic nitrogens is 2. The number of hydrogen-bond acceptors (Lipinski definition) is 4. The Morgan fingerprint density at radius 3 is 2.70 bits per heavy atom. The Kier molecular flexibility index (Phi) is 6.02. The maximum absolute atomic E-state index is 12.1. The van der Waals surface area contributed by atoms with Crippen LogP contribution in [-0.2, 0) is 6.54 Å². The summed E-state index contributed by atoms with van der Waals surface area (Å²) in [7, 11) is 0. The molecule has 0 aliphatic carbocycles. The van der Waals surface area contributed by atoms with Crippen LogP contribution in [0, 0.1) is 5.92 Å². The van der Waals surface area contributed by atoms with Gasteiger partial charge in [-0.25, -0.2) is 4.68 Å². The second-order valence-corrected chi connectivity index (χ2v) is 6.27. The van der Waals surface area contributed by atoms with Gasteiger partial charge in [0, 0.05) is 18.6 Å². The quantitative estimate of drug-likeness (QED) is 0.811. The lowest BCUT2D eigenvalue weighted by Crippen LogP contribution is -2.44. The Labute approximate surface area is 125 Å². The largest absolute Gasteiger partial charge is 0.376 e. The molecule has 6 heteroatoms. The van der Waals surface area contributed by atoms with Crippen molar-refractivity contribution in [1.82, 2.24) is 9.78 Å². The first-order valence-electron chi connectivity index (χ1n) is 7.07. The third-order valence-corrected chi connectivity index (χ3v) is 3.53. The van der Waals surface area contributed by atoms with Gasteiger partial charge >= 0.3 is 0 Å². The predicted molar refractivity (Wildman–Crippen MR) is 84.3 cm³/mol. The Balaban J connectivity index is 3.03. The van der Waals surface area contributed by atoms with Crippen LogP contribution in [0.1, 0.15) is 40.5 Å². The van der Waals surface area contributed by atoms with Crippen molar-refractivity contribution >= 4 is 17.3 Å². The average Bonchev–Trinajstić information content (AvgIpc) is 2.38. The molecule has 0 amide bonds. The smallest absolute Gasteiger partial charge is 0.287 e. The van der Waals surface area contributed by atoms with E-state index in [-0.39, 0.29) is 16.1 Å². The summed E-state index contributed by atoms with van der Waals surface area (Å²) in [5, 5.41) is 7.60. The standard InChI is InChI=1S/C14H25ClN4O/c1-5-6-19-13(20)12(15)11(8-17-19)18-14(4,9-16)7-10(2)3/h8,10,18H,5-7,9,16H2,1-4H3. The molecule has 0 aliphatic rings. The molecule has 0 saturated carbocycles. The van der Waals surface area contributed by atoms with E-state index in [1.807, 2.05) is 13.8 Å². The van der Waals surface area contributed by atoms with E-state index >= 15 is 0 Å². The van der Waals surface area contributed by atoms with Gasteiger partial charge in [-0.2, -0.15) is 5.10 Å². The summed E-state index contributed by atoms with van der Waals surface area (Å²) in [5.41, 5.74) is 5.85. The molecule has 0 saturated heterocycles. The lowest BCUT2D eigenvalue weighted by Gasteiger charge is -2.32. The molecule has 0 radical (unpaired) electrons. The van der Waals surface area contributed by atoms with Crippen LogP contribution in [0.25, 0.3) is 0 Å². The molecule has 1 rings (SSSR count). The van der Waals surface area contributed by atoms with Gasteiger partial charge in [-0.05, 0) is 25.7 Å². The van der Waals surface area contributed by atoms with Crippen LogP contribution in [0.15, 0.2) is 11.0 Å². The van der Waals surface area contributed by atoms with Crippen LogP contribution in [-0.4, -0.2) is 21.9 Å². The van der Waals surface area contributed by atoms with E-state index in [4.69, 9.17) is 17.3 Å². The van der Waals surface area contributed by atoms with E-state index in [0.717, 1.165) is 12.8 Å². The Bertz CT molecular complexity index is 500. The van der Waals surface area contributed by atoms with Crippen molar-refractivity contribution in [2.45, 2.75) is 52.6 Å². The van der Waals surface area contributed by atoms with Gasteiger partial charge in [-0.1, -0.05) is 32.4 Å². The zero-order valence-electron chi connectivity index (χ0n) is 12.7. The Morgan fingerprint density at radius 2 is 2.20 bits per heavy atom. The predicted octanol–water partition coefficient (Wildman–Crippen LogP) is 2.48. The van der Waals surface area contributed by atoms with E-state index < -0.39 is 0 Å². The molecule has 1 aromatic heterocycles. The molecule has 0 aliphatic heterocycles. The van der Waals surface area contributed by atoms with E-state index in [9.17, 15) is 4.79 Å². The van der Waals surface area contributed by atoms with E-state index in [0.29, 0.717) is 24.7 Å². The molecule has 1 atom stereocenters. The molecule has 3 N–H and O–H groups in total. The maximum atomic E-state index is 12.1. The summed E-state index contributed by atoms with van der Waals surface area (Å²) in [6.07, 6.45) is 3.33. The molecule has 0 fully saturated rings. The Hall–Kier alpha value is -1.07. The van der Waals surface area contributed by atoms with Crippen molar-refractivity contribution in [2.75, 3.05) is 11.9 Å². The highest BCUT2D eigenvalue weighted by Crippen LogP contribution is 2.24. The lowest BCUT2D eigenvalue weighted by molar-refractivity contribution is 0.406. The van der Waals surface area contributed by atoms with Crippen molar-refractivity contribution in [2.24, 2.45) is 11.7 Å². The number of nitrogens with one attached hydrogen (secondary N) is 1. The molecule has 0 spiro atoms. The van der Waals surface area contributed by atoms with Gasteiger partial charge in [0.25, 0.3) is 5.56 Å². The highest BCUT2D eigenvalue weighted by molar-refractivity contribution is 6.32. The van der Waals surface area contributed by atoms with Crippen molar-refractivity contribution in [3.8, 4) is 0 Å². The maximum Gasteiger partial charge on any atom is 0.287 e. The summed E-state index contributed by atoms with van der Waals surface area (Å²) in [4.78, 5) is 12.1. The minimum absolute atomic E-state index is 0.178. The zero-order valence-corrected chi connectivity index (χ0v) is 13.5. The van der Waals surface area contributed by atoms with Gasteiger partial charge < -0.3 is 11.1 Å². The average molecular weight is 301 g/mol. The second kappa shape index (κ2) is 7.09. The topological polar surface area (TPSA) is 72.9 Å². The van der Waals surface area contributed by atoms with Crippen molar-refractivity contribution in [1.29, 1.82) is 0 Å².